The van der Waals surface area contributed by atoms with Gasteiger partial charge in [-0.2, -0.15) is 0 Å². The van der Waals surface area contributed by atoms with E-state index in [2.05, 4.69) is 19.9 Å². The van der Waals surface area contributed by atoms with Crippen molar-refractivity contribution in [1.82, 2.24) is 0 Å². The normalized spacial score (nSPS) is 17.3. The summed E-state index contributed by atoms with van der Waals surface area (Å²) in [5, 5.41) is 9.85. The molecule has 3 aromatic rings. The van der Waals surface area contributed by atoms with Crippen LogP contribution >= 0.6 is 20.0 Å². The molecule has 3 aromatic carbocycles. The zero-order valence-corrected chi connectivity index (χ0v) is 27.0. The van der Waals surface area contributed by atoms with Crippen molar-refractivity contribution in [1.29, 1.82) is 0 Å². The molecule has 0 aliphatic carbocycles. The van der Waals surface area contributed by atoms with Crippen LogP contribution in [0.3, 0.4) is 0 Å². The standard InChI is InChI=1S/C31H37ClNO6P.C2H6/c1-19(2)26-14-22(8-9-30(26)38-31(35)28(33)17-34)15-27-20(3)12-25(13-21(27)4)36-18-40-37-11-10-29(39-40)23-6-5-7-24(32)16-23;1-2/h5-9,12-14,16,19,28-29,34H,10-11,15,17-18,33H2,1-4H3;1-2H3. The lowest BCUT2D eigenvalue weighted by molar-refractivity contribution is -0.136. The summed E-state index contributed by atoms with van der Waals surface area (Å²) < 4.78 is 23.7. The van der Waals surface area contributed by atoms with Crippen molar-refractivity contribution in [2.45, 2.75) is 72.4 Å². The Kier molecular flexibility index (Phi) is 13.2. The third-order valence-corrected chi connectivity index (χ3v) is 8.41. The van der Waals surface area contributed by atoms with Crippen LogP contribution in [0.25, 0.3) is 0 Å². The molecule has 0 aromatic heterocycles. The topological polar surface area (TPSA) is 100 Å². The van der Waals surface area contributed by atoms with Gasteiger partial charge in [0.2, 0.25) is 8.38 Å². The molecule has 42 heavy (non-hydrogen) atoms. The number of hydrogen-bond acceptors (Lipinski definition) is 7. The van der Waals surface area contributed by atoms with Crippen LogP contribution < -0.4 is 15.2 Å². The molecule has 3 unspecified atom stereocenters. The Morgan fingerprint density at radius 2 is 1.83 bits per heavy atom. The molecule has 1 aliphatic rings. The number of nitrogens with two attached hydrogens (primary N) is 1. The van der Waals surface area contributed by atoms with Crippen LogP contribution in [0.5, 0.6) is 11.5 Å². The molecule has 0 bridgehead atoms. The van der Waals surface area contributed by atoms with Crippen molar-refractivity contribution >= 4 is 25.9 Å². The van der Waals surface area contributed by atoms with E-state index in [1.54, 1.807) is 6.07 Å². The molecule has 1 heterocycles. The first kappa shape index (κ1) is 34.0. The van der Waals surface area contributed by atoms with Gasteiger partial charge in [-0.15, -0.1) is 0 Å². The van der Waals surface area contributed by atoms with Gasteiger partial charge in [-0.1, -0.05) is 63.6 Å². The number of carbonyl (C=O) groups is 1. The molecule has 3 N–H and O–H groups in total. The number of aliphatic hydroxyl groups excluding tert-OH is 1. The van der Waals surface area contributed by atoms with Gasteiger partial charge in [-0.25, -0.2) is 4.79 Å². The Morgan fingerprint density at radius 3 is 2.48 bits per heavy atom. The summed E-state index contributed by atoms with van der Waals surface area (Å²) in [6, 6.07) is 16.6. The van der Waals surface area contributed by atoms with Crippen molar-refractivity contribution in [2.75, 3.05) is 19.6 Å². The highest BCUT2D eigenvalue weighted by Crippen LogP contribution is 2.49. The Bertz CT molecular complexity index is 1310. The average Bonchev–Trinajstić information content (AvgIpc) is 2.99. The van der Waals surface area contributed by atoms with Crippen LogP contribution in [0.15, 0.2) is 54.6 Å². The average molecular weight is 616 g/mol. The largest absolute Gasteiger partial charge is 0.484 e. The maximum atomic E-state index is 12.1. The van der Waals surface area contributed by atoms with E-state index in [1.807, 2.05) is 70.2 Å². The van der Waals surface area contributed by atoms with E-state index >= 15 is 0 Å². The molecule has 0 radical (unpaired) electrons. The van der Waals surface area contributed by atoms with Gasteiger partial charge in [-0.3, -0.25) is 0 Å². The fourth-order valence-electron chi connectivity index (χ4n) is 4.65. The molecule has 9 heteroatoms. The number of carbonyl (C=O) groups excluding carboxylic acids is 1. The van der Waals surface area contributed by atoms with Crippen molar-refractivity contribution in [2.24, 2.45) is 5.73 Å². The highest BCUT2D eigenvalue weighted by Gasteiger charge is 2.26. The molecular weight excluding hydrogens is 573 g/mol. The van der Waals surface area contributed by atoms with E-state index in [9.17, 15) is 4.79 Å². The summed E-state index contributed by atoms with van der Waals surface area (Å²) in [4.78, 5) is 12.1. The van der Waals surface area contributed by atoms with Crippen LogP contribution in [0, 0.1) is 13.8 Å². The number of aryl methyl sites for hydroxylation is 2. The number of ether oxygens (including phenoxy) is 2. The molecule has 0 amide bonds. The number of esters is 1. The fraction of sp³-hybridized carbons (Fsp3) is 0.424. The highest BCUT2D eigenvalue weighted by molar-refractivity contribution is 7.47. The number of benzene rings is 3. The lowest BCUT2D eigenvalue weighted by Gasteiger charge is -2.29. The summed E-state index contributed by atoms with van der Waals surface area (Å²) in [5.74, 6) is 0.737. The quantitative estimate of drug-likeness (QED) is 0.137. The summed E-state index contributed by atoms with van der Waals surface area (Å²) in [6.45, 7) is 12.4. The van der Waals surface area contributed by atoms with Gasteiger partial charge in [0, 0.05) is 11.4 Å². The number of aliphatic hydroxyl groups is 1. The Morgan fingerprint density at radius 1 is 1.12 bits per heavy atom. The number of rotatable bonds is 10. The van der Waals surface area contributed by atoms with Gasteiger partial charge >= 0.3 is 5.97 Å². The maximum absolute atomic E-state index is 12.1. The molecule has 0 saturated carbocycles. The Balaban J connectivity index is 0.00000237. The van der Waals surface area contributed by atoms with Gasteiger partial charge < -0.3 is 29.4 Å². The second-order valence-corrected chi connectivity index (χ2v) is 12.2. The van der Waals surface area contributed by atoms with Crippen LogP contribution in [0.1, 0.15) is 79.5 Å². The second kappa shape index (κ2) is 16.4. The van der Waals surface area contributed by atoms with Gasteiger partial charge in [0.25, 0.3) is 0 Å². The van der Waals surface area contributed by atoms with Crippen LogP contribution in [0.4, 0.5) is 0 Å². The zero-order chi connectivity index (χ0) is 30.8. The van der Waals surface area contributed by atoms with E-state index in [0.717, 1.165) is 46.4 Å². The molecule has 1 fully saturated rings. The van der Waals surface area contributed by atoms with Crippen LogP contribution in [-0.2, 0) is 20.3 Å². The monoisotopic (exact) mass is 615 g/mol. The molecule has 1 aliphatic heterocycles. The molecule has 7 nitrogen and oxygen atoms in total. The minimum absolute atomic E-state index is 0.0509. The Labute approximate surface area is 256 Å². The molecule has 1 saturated heterocycles. The fourth-order valence-corrected chi connectivity index (χ4v) is 6.12. The molecule has 4 rings (SSSR count). The van der Waals surface area contributed by atoms with E-state index < -0.39 is 27.0 Å². The molecule has 0 spiro atoms. The van der Waals surface area contributed by atoms with Crippen LogP contribution in [0.2, 0.25) is 5.02 Å². The Hall–Kier alpha value is -2.51. The second-order valence-electron chi connectivity index (χ2n) is 10.3. The third-order valence-electron chi connectivity index (χ3n) is 6.87. The van der Waals surface area contributed by atoms with Crippen molar-refractivity contribution in [3.05, 3.63) is 93.0 Å². The number of hydrogen-bond donors (Lipinski definition) is 2. The van der Waals surface area contributed by atoms with Gasteiger partial charge in [0.15, 0.2) is 6.35 Å². The summed E-state index contributed by atoms with van der Waals surface area (Å²) in [5.41, 5.74) is 12.2. The van der Waals surface area contributed by atoms with Crippen molar-refractivity contribution in [3.8, 4) is 11.5 Å². The molecular formula is C33H43ClNO6P. The molecule has 228 valence electrons. The van der Waals surface area contributed by atoms with E-state index in [0.29, 0.717) is 23.7 Å². The van der Waals surface area contributed by atoms with E-state index in [1.165, 1.54) is 5.56 Å². The third kappa shape index (κ3) is 9.24. The first-order chi connectivity index (χ1) is 20.1. The van der Waals surface area contributed by atoms with Gasteiger partial charge in [-0.05, 0) is 89.9 Å². The van der Waals surface area contributed by atoms with E-state index in [-0.39, 0.29) is 12.0 Å². The van der Waals surface area contributed by atoms with Crippen LogP contribution in [-0.4, -0.2) is 36.7 Å². The SMILES string of the molecule is CC.Cc1cc(OCP2OCCC(c3cccc(Cl)c3)O2)cc(C)c1Cc1ccc(OC(=O)C(N)CO)c(C(C)C)c1. The molecule has 3 atom stereocenters. The summed E-state index contributed by atoms with van der Waals surface area (Å²) in [6.07, 6.45) is 1.81. The highest BCUT2D eigenvalue weighted by atomic mass is 35.5. The minimum Gasteiger partial charge on any atom is -0.484 e. The lowest BCUT2D eigenvalue weighted by Crippen LogP contribution is -2.37. The lowest BCUT2D eigenvalue weighted by atomic mass is 9.93. The predicted molar refractivity (Wildman–Crippen MR) is 170 cm³/mol. The van der Waals surface area contributed by atoms with Gasteiger partial charge in [0.05, 0.1) is 19.3 Å². The summed E-state index contributed by atoms with van der Waals surface area (Å²) in [7, 11) is -1.18. The smallest absolute Gasteiger partial charge is 0.330 e. The predicted octanol–water partition coefficient (Wildman–Crippen LogP) is 7.75. The first-order valence-corrected chi connectivity index (χ1v) is 16.1. The van der Waals surface area contributed by atoms with E-state index in [4.69, 9.17) is 41.0 Å². The zero-order valence-electron chi connectivity index (χ0n) is 25.4. The minimum atomic E-state index is -1.18. The summed E-state index contributed by atoms with van der Waals surface area (Å²) >= 11 is 6.16. The maximum Gasteiger partial charge on any atom is 0.330 e. The van der Waals surface area contributed by atoms with Gasteiger partial charge in [0.1, 0.15) is 17.5 Å². The number of halogens is 1. The van der Waals surface area contributed by atoms with Crippen molar-refractivity contribution < 1.29 is 28.4 Å². The van der Waals surface area contributed by atoms with Crippen molar-refractivity contribution in [3.63, 3.8) is 0 Å². The first-order valence-electron chi connectivity index (χ1n) is 14.4.